The molecule has 0 atom stereocenters. The Hall–Kier alpha value is -2.11. The zero-order valence-electron chi connectivity index (χ0n) is 11.3. The van der Waals surface area contributed by atoms with Crippen LogP contribution >= 0.6 is 11.6 Å². The van der Waals surface area contributed by atoms with Crippen molar-refractivity contribution in [3.8, 4) is 11.4 Å². The van der Waals surface area contributed by atoms with Crippen molar-refractivity contribution in [1.29, 1.82) is 0 Å². The molecule has 0 unspecified atom stereocenters. The Morgan fingerprint density at radius 2 is 2.19 bits per heavy atom. The zero-order chi connectivity index (χ0) is 14.2. The first kappa shape index (κ1) is 12.6. The van der Waals surface area contributed by atoms with E-state index < -0.39 is 0 Å². The van der Waals surface area contributed by atoms with Crippen molar-refractivity contribution in [2.75, 3.05) is 18.4 Å². The summed E-state index contributed by atoms with van der Waals surface area (Å²) in [5, 5.41) is 7.33. The molecular weight excluding hydrogens is 286 g/mol. The number of nitrogens with zero attached hydrogens (tertiary/aromatic N) is 3. The van der Waals surface area contributed by atoms with Gasteiger partial charge in [0.1, 0.15) is 11.5 Å². The zero-order valence-corrected chi connectivity index (χ0v) is 12.0. The lowest BCUT2D eigenvalue weighted by molar-refractivity contribution is 0.471. The van der Waals surface area contributed by atoms with E-state index in [1.54, 1.807) is 0 Å². The highest BCUT2D eigenvalue weighted by molar-refractivity contribution is 6.30. The van der Waals surface area contributed by atoms with Crippen LogP contribution in [0, 0.1) is 0 Å². The third-order valence-electron chi connectivity index (χ3n) is 3.62. The van der Waals surface area contributed by atoms with Crippen LogP contribution in [0.1, 0.15) is 0 Å². The number of fused-ring (bicyclic) bond motifs is 1. The van der Waals surface area contributed by atoms with Gasteiger partial charge in [-0.3, -0.25) is 4.40 Å². The molecule has 0 bridgehead atoms. The van der Waals surface area contributed by atoms with Crippen LogP contribution in [-0.4, -0.2) is 33.5 Å². The van der Waals surface area contributed by atoms with Gasteiger partial charge in [0.2, 0.25) is 0 Å². The Labute approximate surface area is 127 Å². The summed E-state index contributed by atoms with van der Waals surface area (Å²) in [6.45, 7) is 1.97. The molecule has 5 nitrogen and oxygen atoms in total. The number of anilines is 1. The number of hydrogen-bond acceptors (Lipinski definition) is 4. The molecule has 3 aromatic rings. The smallest absolute Gasteiger partial charge is 0.138 e. The maximum absolute atomic E-state index is 5.99. The average Bonchev–Trinajstić information content (AvgIpc) is 2.86. The van der Waals surface area contributed by atoms with E-state index in [-0.39, 0.29) is 0 Å². The van der Waals surface area contributed by atoms with Gasteiger partial charge < -0.3 is 10.6 Å². The first-order chi connectivity index (χ1) is 10.3. The second-order valence-corrected chi connectivity index (χ2v) is 5.56. The largest absolute Gasteiger partial charge is 0.365 e. The molecule has 0 aliphatic carbocycles. The number of imidazole rings is 1. The maximum atomic E-state index is 5.99. The van der Waals surface area contributed by atoms with Crippen molar-refractivity contribution in [3.05, 3.63) is 47.7 Å². The standard InChI is InChI=1S/C15H14ClN5/c16-10-4-5-21-13(9-18-15(21)6-10)12-2-1-3-14(20-12)19-11-7-17-8-11/h1-6,9,11,17H,7-8H2,(H,19,20). The van der Waals surface area contributed by atoms with E-state index in [0.29, 0.717) is 11.1 Å². The molecule has 0 radical (unpaired) electrons. The number of halogens is 1. The van der Waals surface area contributed by atoms with Gasteiger partial charge in [-0.25, -0.2) is 9.97 Å². The van der Waals surface area contributed by atoms with E-state index in [2.05, 4.69) is 20.6 Å². The molecule has 2 N–H and O–H groups in total. The van der Waals surface area contributed by atoms with E-state index >= 15 is 0 Å². The van der Waals surface area contributed by atoms with Crippen LogP contribution in [0.15, 0.2) is 42.7 Å². The summed E-state index contributed by atoms with van der Waals surface area (Å²) in [5.41, 5.74) is 2.67. The molecule has 3 aromatic heterocycles. The van der Waals surface area contributed by atoms with Gasteiger partial charge in [-0.05, 0) is 18.2 Å². The van der Waals surface area contributed by atoms with Crippen molar-refractivity contribution in [3.63, 3.8) is 0 Å². The predicted octanol–water partition coefficient (Wildman–Crippen LogP) is 2.43. The Balaban J connectivity index is 1.72. The molecule has 0 spiro atoms. The number of nitrogens with one attached hydrogen (secondary N) is 2. The molecule has 21 heavy (non-hydrogen) atoms. The third kappa shape index (κ3) is 2.34. The molecular formula is C15H14ClN5. The predicted molar refractivity (Wildman–Crippen MR) is 83.7 cm³/mol. The number of rotatable bonds is 3. The van der Waals surface area contributed by atoms with Gasteiger partial charge in [-0.1, -0.05) is 17.7 Å². The van der Waals surface area contributed by atoms with Crippen LogP contribution < -0.4 is 10.6 Å². The second kappa shape index (κ2) is 5.02. The van der Waals surface area contributed by atoms with Crippen molar-refractivity contribution in [1.82, 2.24) is 19.7 Å². The van der Waals surface area contributed by atoms with Gasteiger partial charge in [-0.15, -0.1) is 0 Å². The SMILES string of the molecule is Clc1ccn2c(-c3cccc(NC4CNC4)n3)cnc2c1. The average molecular weight is 300 g/mol. The number of pyridine rings is 2. The van der Waals surface area contributed by atoms with Crippen LogP contribution in [-0.2, 0) is 0 Å². The molecule has 1 saturated heterocycles. The fraction of sp³-hybridized carbons (Fsp3) is 0.200. The van der Waals surface area contributed by atoms with Gasteiger partial charge in [0.05, 0.1) is 23.6 Å². The normalized spacial score (nSPS) is 15.1. The maximum Gasteiger partial charge on any atom is 0.138 e. The van der Waals surface area contributed by atoms with E-state index in [9.17, 15) is 0 Å². The van der Waals surface area contributed by atoms with Gasteiger partial charge in [0, 0.05) is 30.4 Å². The fourth-order valence-electron chi connectivity index (χ4n) is 2.40. The molecule has 6 heteroatoms. The van der Waals surface area contributed by atoms with Gasteiger partial charge >= 0.3 is 0 Å². The minimum absolute atomic E-state index is 0.466. The summed E-state index contributed by atoms with van der Waals surface area (Å²) < 4.78 is 1.99. The first-order valence-corrected chi connectivity index (χ1v) is 7.25. The summed E-state index contributed by atoms with van der Waals surface area (Å²) in [7, 11) is 0. The molecule has 1 fully saturated rings. The molecule has 106 valence electrons. The minimum Gasteiger partial charge on any atom is -0.365 e. The molecule has 4 rings (SSSR count). The second-order valence-electron chi connectivity index (χ2n) is 5.12. The highest BCUT2D eigenvalue weighted by Crippen LogP contribution is 2.22. The Kier molecular flexibility index (Phi) is 3.02. The first-order valence-electron chi connectivity index (χ1n) is 6.87. The monoisotopic (exact) mass is 299 g/mol. The lowest BCUT2D eigenvalue weighted by Crippen LogP contribution is -2.51. The van der Waals surface area contributed by atoms with E-state index in [4.69, 9.17) is 11.6 Å². The molecule has 0 amide bonds. The Morgan fingerprint density at radius 3 is 3.00 bits per heavy atom. The van der Waals surface area contributed by atoms with Crippen LogP contribution in [0.25, 0.3) is 17.0 Å². The van der Waals surface area contributed by atoms with Gasteiger partial charge in [0.15, 0.2) is 0 Å². The highest BCUT2D eigenvalue weighted by atomic mass is 35.5. The van der Waals surface area contributed by atoms with Crippen molar-refractivity contribution >= 4 is 23.1 Å². The summed E-state index contributed by atoms with van der Waals surface area (Å²) in [6, 6.07) is 10.1. The Morgan fingerprint density at radius 1 is 1.29 bits per heavy atom. The third-order valence-corrected chi connectivity index (χ3v) is 3.86. The Bertz CT molecular complexity index is 794. The number of hydrogen-bond donors (Lipinski definition) is 2. The molecule has 4 heterocycles. The summed E-state index contributed by atoms with van der Waals surface area (Å²) in [4.78, 5) is 9.06. The van der Waals surface area contributed by atoms with Crippen LogP contribution in [0.5, 0.6) is 0 Å². The van der Waals surface area contributed by atoms with E-state index in [1.807, 2.05) is 47.1 Å². The molecule has 1 aliphatic rings. The fourth-order valence-corrected chi connectivity index (χ4v) is 2.56. The van der Waals surface area contributed by atoms with Gasteiger partial charge in [-0.2, -0.15) is 0 Å². The number of aromatic nitrogens is 3. The minimum atomic E-state index is 0.466. The molecule has 1 aliphatic heterocycles. The lowest BCUT2D eigenvalue weighted by atomic mass is 10.2. The topological polar surface area (TPSA) is 54.2 Å². The quantitative estimate of drug-likeness (QED) is 0.780. The highest BCUT2D eigenvalue weighted by Gasteiger charge is 2.17. The lowest BCUT2D eigenvalue weighted by Gasteiger charge is -2.28. The van der Waals surface area contributed by atoms with E-state index in [1.165, 1.54) is 0 Å². The van der Waals surface area contributed by atoms with Crippen LogP contribution in [0.2, 0.25) is 5.02 Å². The van der Waals surface area contributed by atoms with Gasteiger partial charge in [0.25, 0.3) is 0 Å². The van der Waals surface area contributed by atoms with E-state index in [0.717, 1.165) is 35.9 Å². The summed E-state index contributed by atoms with van der Waals surface area (Å²) in [6.07, 6.45) is 3.74. The summed E-state index contributed by atoms with van der Waals surface area (Å²) >= 11 is 5.99. The van der Waals surface area contributed by atoms with Crippen molar-refractivity contribution < 1.29 is 0 Å². The van der Waals surface area contributed by atoms with Crippen molar-refractivity contribution in [2.24, 2.45) is 0 Å². The van der Waals surface area contributed by atoms with Crippen LogP contribution in [0.4, 0.5) is 5.82 Å². The van der Waals surface area contributed by atoms with Crippen molar-refractivity contribution in [2.45, 2.75) is 6.04 Å². The molecule has 0 aromatic carbocycles. The molecule has 0 saturated carbocycles. The van der Waals surface area contributed by atoms with Crippen LogP contribution in [0.3, 0.4) is 0 Å². The summed E-state index contributed by atoms with van der Waals surface area (Å²) in [5.74, 6) is 0.892.